The lowest BCUT2D eigenvalue weighted by atomic mass is 9.80. The highest BCUT2D eigenvalue weighted by Gasteiger charge is 2.50. The number of ether oxygens (including phenoxy) is 1. The molecule has 1 N–H and O–H groups in total. The van der Waals surface area contributed by atoms with Crippen LogP contribution in [0.4, 0.5) is 15.0 Å². The third kappa shape index (κ3) is 4.94. The van der Waals surface area contributed by atoms with E-state index in [4.69, 9.17) is 4.74 Å². The van der Waals surface area contributed by atoms with Crippen molar-refractivity contribution >= 4 is 11.9 Å². The standard InChI is InChI=1S/C26H32FN7O3/c1-26(2,3)37-25(36)33-16-6-5-7-20(33)24(27)21(14-16)32(4)23-11-10-19(30-31-23)18-9-8-17(15-22(18)35)34-28-12-13-29-34/h8-13,15-16,20-21,24,35H,5-7,14H2,1-4H3/t16-,20+,21-,24+/m1/s1. The van der Waals surface area contributed by atoms with Crippen LogP contribution < -0.4 is 4.90 Å². The number of amides is 1. The maximum absolute atomic E-state index is 15.9. The number of phenols is 1. The maximum Gasteiger partial charge on any atom is 0.410 e. The minimum atomic E-state index is -1.25. The Bertz CT molecular complexity index is 1250. The molecule has 196 valence electrons. The smallest absolute Gasteiger partial charge is 0.410 e. The zero-order chi connectivity index (χ0) is 26.3. The predicted molar refractivity (Wildman–Crippen MR) is 135 cm³/mol. The van der Waals surface area contributed by atoms with Gasteiger partial charge in [0.25, 0.3) is 0 Å². The molecule has 0 spiro atoms. The molecule has 2 aliphatic rings. The molecule has 37 heavy (non-hydrogen) atoms. The number of aromatic nitrogens is 5. The minimum Gasteiger partial charge on any atom is -0.507 e. The molecule has 1 aromatic carbocycles. The highest BCUT2D eigenvalue weighted by atomic mass is 19.1. The van der Waals surface area contributed by atoms with Crippen molar-refractivity contribution in [3.05, 3.63) is 42.7 Å². The number of benzene rings is 1. The molecule has 2 saturated heterocycles. The van der Waals surface area contributed by atoms with Crippen LogP contribution in [0.25, 0.3) is 16.9 Å². The number of hydrogen-bond acceptors (Lipinski definition) is 8. The predicted octanol–water partition coefficient (Wildman–Crippen LogP) is 4.13. The van der Waals surface area contributed by atoms with Gasteiger partial charge in [0.15, 0.2) is 5.82 Å². The summed E-state index contributed by atoms with van der Waals surface area (Å²) in [6.45, 7) is 5.46. The fourth-order valence-electron chi connectivity index (χ4n) is 5.33. The number of carbonyl (C=O) groups is 1. The first-order valence-corrected chi connectivity index (χ1v) is 12.5. The van der Waals surface area contributed by atoms with Gasteiger partial charge in [-0.2, -0.15) is 15.0 Å². The Morgan fingerprint density at radius 1 is 1.14 bits per heavy atom. The Balaban J connectivity index is 1.32. The molecule has 2 fully saturated rings. The maximum atomic E-state index is 15.9. The van der Waals surface area contributed by atoms with E-state index in [1.54, 1.807) is 47.6 Å². The molecule has 10 nitrogen and oxygen atoms in total. The van der Waals surface area contributed by atoms with E-state index in [1.807, 2.05) is 32.7 Å². The molecule has 5 rings (SSSR count). The zero-order valence-electron chi connectivity index (χ0n) is 21.5. The van der Waals surface area contributed by atoms with Gasteiger partial charge in [0.05, 0.1) is 35.9 Å². The van der Waals surface area contributed by atoms with Crippen molar-refractivity contribution in [1.82, 2.24) is 30.1 Å². The molecule has 4 heterocycles. The summed E-state index contributed by atoms with van der Waals surface area (Å²) in [6, 6.07) is 7.54. The number of alkyl halides is 1. The van der Waals surface area contributed by atoms with E-state index < -0.39 is 29.9 Å². The average molecular weight is 510 g/mol. The minimum absolute atomic E-state index is 0.0244. The number of aromatic hydroxyl groups is 1. The molecule has 3 aromatic rings. The summed E-state index contributed by atoms with van der Waals surface area (Å²) in [5.74, 6) is 0.549. The van der Waals surface area contributed by atoms with Crippen LogP contribution in [-0.2, 0) is 4.74 Å². The molecule has 11 heteroatoms. The van der Waals surface area contributed by atoms with E-state index in [-0.39, 0.29) is 11.8 Å². The second kappa shape index (κ2) is 9.60. The van der Waals surface area contributed by atoms with Crippen LogP contribution in [-0.4, -0.2) is 78.2 Å². The van der Waals surface area contributed by atoms with Gasteiger partial charge >= 0.3 is 6.09 Å². The van der Waals surface area contributed by atoms with E-state index in [0.29, 0.717) is 35.6 Å². The van der Waals surface area contributed by atoms with E-state index >= 15 is 4.39 Å². The molecular formula is C26H32FN7O3. The summed E-state index contributed by atoms with van der Waals surface area (Å²) < 4.78 is 21.5. The molecule has 0 aliphatic carbocycles. The summed E-state index contributed by atoms with van der Waals surface area (Å²) in [5, 5.41) is 27.3. The van der Waals surface area contributed by atoms with Crippen LogP contribution >= 0.6 is 0 Å². The third-order valence-electron chi connectivity index (χ3n) is 7.06. The van der Waals surface area contributed by atoms with Gasteiger partial charge in [-0.15, -0.1) is 10.2 Å². The van der Waals surface area contributed by atoms with E-state index in [1.165, 1.54) is 4.80 Å². The number of anilines is 1. The van der Waals surface area contributed by atoms with Gasteiger partial charge in [-0.3, -0.25) is 4.90 Å². The van der Waals surface area contributed by atoms with Gasteiger partial charge in [0, 0.05) is 24.7 Å². The van der Waals surface area contributed by atoms with E-state index in [0.717, 1.165) is 12.8 Å². The summed E-state index contributed by atoms with van der Waals surface area (Å²) in [5.41, 5.74) is 0.990. The number of rotatable bonds is 4. The average Bonchev–Trinajstić information content (AvgIpc) is 3.40. The fraction of sp³-hybridized carbons (Fsp3) is 0.500. The van der Waals surface area contributed by atoms with Crippen LogP contribution in [0.1, 0.15) is 46.5 Å². The Labute approximate surface area is 215 Å². The second-order valence-corrected chi connectivity index (χ2v) is 10.7. The lowest BCUT2D eigenvalue weighted by Crippen LogP contribution is -2.65. The first-order chi connectivity index (χ1) is 17.6. The van der Waals surface area contributed by atoms with Gasteiger partial charge in [0.2, 0.25) is 0 Å². The van der Waals surface area contributed by atoms with Crippen LogP contribution in [0, 0.1) is 0 Å². The van der Waals surface area contributed by atoms with Gasteiger partial charge in [-0.05, 0) is 70.7 Å². The number of phenolic OH excluding ortho intramolecular Hbond substituents is 1. The third-order valence-corrected chi connectivity index (χ3v) is 7.06. The van der Waals surface area contributed by atoms with E-state index in [2.05, 4.69) is 20.4 Å². The van der Waals surface area contributed by atoms with Gasteiger partial charge < -0.3 is 14.7 Å². The fourth-order valence-corrected chi connectivity index (χ4v) is 5.33. The monoisotopic (exact) mass is 509 g/mol. The quantitative estimate of drug-likeness (QED) is 0.559. The number of fused-ring (bicyclic) bond motifs is 2. The van der Waals surface area contributed by atoms with Crippen LogP contribution in [0.5, 0.6) is 5.75 Å². The second-order valence-electron chi connectivity index (χ2n) is 10.7. The largest absolute Gasteiger partial charge is 0.507 e. The highest BCUT2D eigenvalue weighted by Crippen LogP contribution is 2.39. The zero-order valence-corrected chi connectivity index (χ0v) is 21.5. The van der Waals surface area contributed by atoms with Crippen molar-refractivity contribution in [2.75, 3.05) is 11.9 Å². The summed E-state index contributed by atoms with van der Waals surface area (Å²) in [7, 11) is 1.81. The summed E-state index contributed by atoms with van der Waals surface area (Å²) >= 11 is 0. The Morgan fingerprint density at radius 3 is 2.54 bits per heavy atom. The molecular weight excluding hydrogens is 477 g/mol. The van der Waals surface area contributed by atoms with Crippen molar-refractivity contribution < 1.29 is 19.0 Å². The molecule has 0 unspecified atom stereocenters. The van der Waals surface area contributed by atoms with Crippen LogP contribution in [0.3, 0.4) is 0 Å². The topological polar surface area (TPSA) is 110 Å². The van der Waals surface area contributed by atoms with Crippen molar-refractivity contribution in [2.45, 2.75) is 76.4 Å². The normalized spacial score (nSPS) is 23.5. The number of nitrogens with zero attached hydrogens (tertiary/aromatic N) is 7. The molecule has 0 radical (unpaired) electrons. The summed E-state index contributed by atoms with van der Waals surface area (Å²) in [6.07, 6.45) is 4.23. The number of halogens is 1. The lowest BCUT2D eigenvalue weighted by molar-refractivity contribution is -0.0467. The van der Waals surface area contributed by atoms with Crippen molar-refractivity contribution in [3.8, 4) is 22.7 Å². The Morgan fingerprint density at radius 2 is 1.89 bits per heavy atom. The Kier molecular flexibility index (Phi) is 6.47. The van der Waals surface area contributed by atoms with Crippen molar-refractivity contribution in [2.24, 2.45) is 0 Å². The molecule has 1 amide bonds. The molecule has 2 aromatic heterocycles. The van der Waals surface area contributed by atoms with Gasteiger partial charge in [-0.1, -0.05) is 0 Å². The highest BCUT2D eigenvalue weighted by molar-refractivity contribution is 5.70. The number of piperidine rings is 2. The number of hydrogen-bond donors (Lipinski definition) is 1. The van der Waals surface area contributed by atoms with Crippen molar-refractivity contribution in [1.29, 1.82) is 0 Å². The number of carbonyl (C=O) groups excluding carboxylic acids is 1. The molecule has 2 aliphatic heterocycles. The summed E-state index contributed by atoms with van der Waals surface area (Å²) in [4.78, 5) is 17.7. The van der Waals surface area contributed by atoms with E-state index in [9.17, 15) is 9.90 Å². The molecule has 0 saturated carbocycles. The first-order valence-electron chi connectivity index (χ1n) is 12.5. The van der Waals surface area contributed by atoms with Gasteiger partial charge in [0.1, 0.15) is 17.5 Å². The van der Waals surface area contributed by atoms with Crippen LogP contribution in [0.2, 0.25) is 0 Å². The lowest BCUT2D eigenvalue weighted by Gasteiger charge is -2.52. The Hall–Kier alpha value is -3.76. The SMILES string of the molecule is CN(c1ccc(-c2ccc(-n3nccn3)cc2O)nn1)[C@@H]1C[C@H]2CCC[C@@H]([C@@H]1F)N2C(=O)OC(C)(C)C. The van der Waals surface area contributed by atoms with Crippen molar-refractivity contribution in [3.63, 3.8) is 0 Å². The molecule has 4 atom stereocenters. The van der Waals surface area contributed by atoms with Crippen LogP contribution in [0.15, 0.2) is 42.7 Å². The van der Waals surface area contributed by atoms with Gasteiger partial charge in [-0.25, -0.2) is 9.18 Å². The first kappa shape index (κ1) is 24.9. The molecule has 2 bridgehead atoms.